The summed E-state index contributed by atoms with van der Waals surface area (Å²) in [6, 6.07) is 11.4. The summed E-state index contributed by atoms with van der Waals surface area (Å²) >= 11 is 0. The van der Waals surface area contributed by atoms with Gasteiger partial charge in [-0.25, -0.2) is 17.6 Å². The molecule has 0 aliphatic heterocycles. The van der Waals surface area contributed by atoms with Gasteiger partial charge >= 0.3 is 48.6 Å². The fourth-order valence-electron chi connectivity index (χ4n) is 3.38. The van der Waals surface area contributed by atoms with Gasteiger partial charge in [0.2, 0.25) is 0 Å². The Bertz CT molecular complexity index is 1530. The lowest BCUT2D eigenvalue weighted by molar-refractivity contribution is -0.415. The van der Waals surface area contributed by atoms with Gasteiger partial charge in [0.05, 0.1) is 18.0 Å². The third-order valence-electron chi connectivity index (χ3n) is 6.06. The van der Waals surface area contributed by atoms with Crippen LogP contribution in [0.2, 0.25) is 0 Å². The van der Waals surface area contributed by atoms with E-state index in [4.69, 9.17) is 0 Å². The number of ether oxygens (including phenoxy) is 2. The van der Waals surface area contributed by atoms with Crippen molar-refractivity contribution in [3.8, 4) is 5.75 Å². The Kier molecular flexibility index (Phi) is 10.2. The Morgan fingerprint density at radius 3 is 1.61 bits per heavy atom. The van der Waals surface area contributed by atoms with Gasteiger partial charge in [0, 0.05) is 0 Å². The van der Waals surface area contributed by atoms with E-state index in [1.54, 1.807) is 0 Å². The van der Waals surface area contributed by atoms with Crippen LogP contribution in [0.1, 0.15) is 5.56 Å². The van der Waals surface area contributed by atoms with Gasteiger partial charge in [0.25, 0.3) is 0 Å². The maximum Gasteiger partial charge on any atom is 0.426 e. The summed E-state index contributed by atoms with van der Waals surface area (Å²) in [5.74, 6) is -31.9. The number of hydrogen-bond acceptors (Lipinski definition) is 4. The summed E-state index contributed by atoms with van der Waals surface area (Å²) in [6.07, 6.45) is -16.1. The summed E-state index contributed by atoms with van der Waals surface area (Å²) < 4.78 is 217. The lowest BCUT2D eigenvalue weighted by atomic mass is 10.1. The number of azo groups is 1. The zero-order valence-electron chi connectivity index (χ0n) is 22.1. The van der Waals surface area contributed by atoms with Crippen LogP contribution in [0.3, 0.4) is 0 Å². The van der Waals surface area contributed by atoms with Crippen LogP contribution in [-0.4, -0.2) is 55.2 Å². The molecule has 0 heterocycles. The van der Waals surface area contributed by atoms with Gasteiger partial charge in [-0.05, 0) is 52.7 Å². The number of fused-ring (bicyclic) bond motifs is 1. The third kappa shape index (κ3) is 7.10. The minimum Gasteiger partial charge on any atom is -0.487 e. The average Bonchev–Trinajstić information content (AvgIpc) is 2.97. The van der Waals surface area contributed by atoms with E-state index in [0.29, 0.717) is 5.39 Å². The minimum atomic E-state index is -6.54. The molecule has 0 atom stereocenters. The van der Waals surface area contributed by atoms with E-state index in [1.807, 2.05) is 0 Å². The highest BCUT2D eigenvalue weighted by molar-refractivity contribution is 5.86. The molecule has 4 nitrogen and oxygen atoms in total. The normalized spacial score (nSPS) is 14.2. The number of rotatable bonds is 14. The molecule has 0 fully saturated rings. The van der Waals surface area contributed by atoms with Gasteiger partial charge in [-0.15, -0.1) is 0 Å². The zero-order chi connectivity index (χ0) is 34.9. The molecule has 0 saturated carbocycles. The first-order valence-corrected chi connectivity index (χ1v) is 12.1. The summed E-state index contributed by atoms with van der Waals surface area (Å²) in [5.41, 5.74) is -0.109. The Balaban J connectivity index is 1.65. The molecule has 0 aromatic heterocycles. The molecular weight excluding hydrogens is 676 g/mol. The highest BCUT2D eigenvalue weighted by Gasteiger charge is 2.77. The molecule has 0 N–H and O–H groups in total. The molecule has 0 spiro atoms. The van der Waals surface area contributed by atoms with Crippen LogP contribution in [-0.2, 0) is 11.3 Å². The summed E-state index contributed by atoms with van der Waals surface area (Å²) in [6.45, 7) is -3.76. The molecule has 0 bridgehead atoms. The predicted molar refractivity (Wildman–Crippen MR) is 127 cm³/mol. The summed E-state index contributed by atoms with van der Waals surface area (Å²) in [4.78, 5) is 0. The molecule has 0 amide bonds. The Morgan fingerprint density at radius 1 is 0.565 bits per heavy atom. The average molecular weight is 692 g/mol. The molecule has 0 saturated heterocycles. The lowest BCUT2D eigenvalue weighted by Gasteiger charge is -2.32. The standard InChI is InChI=1S/C26H16F16N2O2/c27-19(28)22(33,34)24(37,38)21(31,32)12-45-18-8-4-14-9-17(7-3-15(14)10-18)44-43-16-5-1-13(2-6-16)11-46-26(41,42)25(39,40)23(35,36)20(29)30/h1-10,19-20H,11-12H2/b44-43+. The van der Waals surface area contributed by atoms with Crippen LogP contribution in [0.5, 0.6) is 5.75 Å². The molecule has 3 aromatic rings. The van der Waals surface area contributed by atoms with E-state index in [2.05, 4.69) is 19.7 Å². The predicted octanol–water partition coefficient (Wildman–Crippen LogP) is 10.5. The highest BCUT2D eigenvalue weighted by Crippen LogP contribution is 2.50. The van der Waals surface area contributed by atoms with E-state index in [1.165, 1.54) is 24.3 Å². The maximum atomic E-state index is 13.7. The molecule has 0 unspecified atom stereocenters. The summed E-state index contributed by atoms with van der Waals surface area (Å²) in [7, 11) is 0. The quantitative estimate of drug-likeness (QED) is 0.125. The van der Waals surface area contributed by atoms with Crippen molar-refractivity contribution < 1.29 is 79.7 Å². The molecule has 3 rings (SSSR count). The van der Waals surface area contributed by atoms with Crippen LogP contribution < -0.4 is 4.74 Å². The van der Waals surface area contributed by atoms with Gasteiger partial charge in [-0.2, -0.15) is 62.9 Å². The minimum absolute atomic E-state index is 0.0315. The van der Waals surface area contributed by atoms with E-state index in [-0.39, 0.29) is 22.3 Å². The fraction of sp³-hybridized carbons (Fsp3) is 0.385. The second-order valence-corrected chi connectivity index (χ2v) is 9.35. The first-order valence-electron chi connectivity index (χ1n) is 12.1. The van der Waals surface area contributed by atoms with Crippen molar-refractivity contribution in [3.05, 3.63) is 66.2 Å². The molecular formula is C26H16F16N2O2. The van der Waals surface area contributed by atoms with Crippen LogP contribution in [0, 0.1) is 0 Å². The first kappa shape index (κ1) is 36.6. The van der Waals surface area contributed by atoms with E-state index in [9.17, 15) is 70.2 Å². The van der Waals surface area contributed by atoms with Crippen LogP contribution in [0.15, 0.2) is 70.9 Å². The number of halogens is 16. The van der Waals surface area contributed by atoms with Gasteiger partial charge in [-0.1, -0.05) is 24.3 Å². The largest absolute Gasteiger partial charge is 0.487 e. The van der Waals surface area contributed by atoms with Crippen molar-refractivity contribution in [3.63, 3.8) is 0 Å². The first-order chi connectivity index (χ1) is 21.0. The van der Waals surface area contributed by atoms with Crippen molar-refractivity contribution in [2.45, 2.75) is 55.2 Å². The monoisotopic (exact) mass is 692 g/mol. The van der Waals surface area contributed by atoms with Crippen molar-refractivity contribution in [1.29, 1.82) is 0 Å². The SMILES string of the molecule is FC(F)C(F)(F)C(F)(F)C(F)(F)COc1ccc2cc(/N=N/c3ccc(COC(F)(F)C(F)(F)C(F)(F)C(F)F)cc3)ccc2c1. The zero-order valence-corrected chi connectivity index (χ0v) is 22.1. The Hall–Kier alpha value is -3.84. The Labute approximate surface area is 246 Å². The second-order valence-electron chi connectivity index (χ2n) is 9.35. The van der Waals surface area contributed by atoms with E-state index >= 15 is 0 Å². The smallest absolute Gasteiger partial charge is 0.426 e. The number of alkyl halides is 16. The van der Waals surface area contributed by atoms with Crippen molar-refractivity contribution in [1.82, 2.24) is 0 Å². The number of nitrogens with zero attached hydrogens (tertiary/aromatic N) is 2. The van der Waals surface area contributed by atoms with Crippen molar-refractivity contribution in [2.24, 2.45) is 10.2 Å². The lowest BCUT2D eigenvalue weighted by Crippen LogP contribution is -2.59. The van der Waals surface area contributed by atoms with Crippen LogP contribution >= 0.6 is 0 Å². The fourth-order valence-corrected chi connectivity index (χ4v) is 3.38. The van der Waals surface area contributed by atoms with Crippen LogP contribution in [0.4, 0.5) is 81.6 Å². The molecule has 46 heavy (non-hydrogen) atoms. The van der Waals surface area contributed by atoms with Gasteiger partial charge in [0.1, 0.15) is 5.75 Å². The third-order valence-corrected chi connectivity index (χ3v) is 6.06. The topological polar surface area (TPSA) is 43.2 Å². The van der Waals surface area contributed by atoms with Gasteiger partial charge < -0.3 is 9.47 Å². The molecule has 3 aromatic carbocycles. The highest BCUT2D eigenvalue weighted by atomic mass is 19.4. The van der Waals surface area contributed by atoms with Gasteiger partial charge in [0.15, 0.2) is 6.61 Å². The van der Waals surface area contributed by atoms with E-state index in [0.717, 1.165) is 36.4 Å². The second kappa shape index (κ2) is 12.7. The number of hydrogen-bond donors (Lipinski definition) is 0. The molecule has 254 valence electrons. The van der Waals surface area contributed by atoms with Crippen LogP contribution in [0.25, 0.3) is 10.8 Å². The molecule has 20 heteroatoms. The summed E-state index contributed by atoms with van der Waals surface area (Å²) in [5, 5.41) is 8.19. The van der Waals surface area contributed by atoms with Crippen molar-refractivity contribution >= 4 is 22.1 Å². The maximum absolute atomic E-state index is 13.7. The molecule has 0 radical (unpaired) electrons. The van der Waals surface area contributed by atoms with Gasteiger partial charge in [-0.3, -0.25) is 0 Å². The number of benzene rings is 3. The Morgan fingerprint density at radius 2 is 1.04 bits per heavy atom. The molecule has 0 aliphatic carbocycles. The van der Waals surface area contributed by atoms with E-state index < -0.39 is 67.5 Å². The van der Waals surface area contributed by atoms with Crippen molar-refractivity contribution in [2.75, 3.05) is 6.61 Å². The molecule has 0 aliphatic rings.